The lowest BCUT2D eigenvalue weighted by Crippen LogP contribution is -2.05. The number of aromatic carboxylic acids is 1. The monoisotopic (exact) mass is 381 g/mol. The van der Waals surface area contributed by atoms with Crippen LogP contribution in [-0.2, 0) is 0 Å². The Balaban J connectivity index is 1.92. The number of carboxylic acid groups (broad SMARTS) is 1. The molecule has 0 fully saturated rings. The maximum Gasteiger partial charge on any atom is 0.353 e. The Morgan fingerprint density at radius 1 is 1.07 bits per heavy atom. The average molecular weight is 381 g/mol. The van der Waals surface area contributed by atoms with Gasteiger partial charge < -0.3 is 20.5 Å². The van der Waals surface area contributed by atoms with Crippen LogP contribution in [0, 0.1) is 10.1 Å². The number of aromatic nitrogens is 2. The van der Waals surface area contributed by atoms with E-state index in [1.165, 1.54) is 37.7 Å². The summed E-state index contributed by atoms with van der Waals surface area (Å²) >= 11 is 0. The number of methoxy groups -OCH3 is 1. The molecule has 0 aliphatic heterocycles. The molecule has 3 rings (SSSR count). The predicted octanol–water partition coefficient (Wildman–Crippen LogP) is 3.58. The van der Waals surface area contributed by atoms with Gasteiger partial charge in [-0.15, -0.1) is 0 Å². The lowest BCUT2D eigenvalue weighted by Gasteiger charge is -2.11. The van der Waals surface area contributed by atoms with E-state index in [1.54, 1.807) is 24.3 Å². The summed E-state index contributed by atoms with van der Waals surface area (Å²) in [5.74, 6) is -0.519. The molecule has 0 saturated carbocycles. The Morgan fingerprint density at radius 2 is 1.71 bits per heavy atom. The normalized spacial score (nSPS) is 10.2. The summed E-state index contributed by atoms with van der Waals surface area (Å²) in [4.78, 5) is 29.9. The van der Waals surface area contributed by atoms with E-state index in [4.69, 9.17) is 9.84 Å². The molecule has 1 heterocycles. The molecule has 3 N–H and O–H groups in total. The molecule has 10 heteroatoms. The van der Waals surface area contributed by atoms with Crippen molar-refractivity contribution >= 4 is 34.7 Å². The molecule has 28 heavy (non-hydrogen) atoms. The maximum atomic E-state index is 11.6. The lowest BCUT2D eigenvalue weighted by atomic mass is 10.2. The Labute approximate surface area is 159 Å². The highest BCUT2D eigenvalue weighted by atomic mass is 16.6. The minimum Gasteiger partial charge on any atom is -0.497 e. The highest BCUT2D eigenvalue weighted by Gasteiger charge is 2.23. The van der Waals surface area contributed by atoms with Crippen LogP contribution in [0.15, 0.2) is 54.9 Å². The average Bonchev–Trinajstić information content (AvgIpc) is 2.68. The van der Waals surface area contributed by atoms with Crippen LogP contribution in [0.2, 0.25) is 0 Å². The van der Waals surface area contributed by atoms with Crippen molar-refractivity contribution in [2.24, 2.45) is 0 Å². The molecule has 0 unspecified atom stereocenters. The van der Waals surface area contributed by atoms with Gasteiger partial charge in [0.2, 0.25) is 11.6 Å². The van der Waals surface area contributed by atoms with Crippen molar-refractivity contribution in [1.29, 1.82) is 0 Å². The zero-order valence-electron chi connectivity index (χ0n) is 14.6. The number of nitro groups is 1. The van der Waals surface area contributed by atoms with Crippen molar-refractivity contribution in [2.75, 3.05) is 17.7 Å². The summed E-state index contributed by atoms with van der Waals surface area (Å²) in [6.07, 6.45) is 1.18. The highest BCUT2D eigenvalue weighted by Crippen LogP contribution is 2.33. The van der Waals surface area contributed by atoms with Gasteiger partial charge in [-0.25, -0.2) is 14.8 Å². The van der Waals surface area contributed by atoms with Gasteiger partial charge >= 0.3 is 11.7 Å². The van der Waals surface area contributed by atoms with Crippen LogP contribution in [0.1, 0.15) is 10.4 Å². The number of ether oxygens (including phenoxy) is 1. The molecule has 1 aromatic heterocycles. The Morgan fingerprint density at radius 3 is 2.29 bits per heavy atom. The molecule has 0 aliphatic rings. The number of carboxylic acids is 1. The third-order valence-electron chi connectivity index (χ3n) is 3.73. The van der Waals surface area contributed by atoms with E-state index in [9.17, 15) is 14.9 Å². The van der Waals surface area contributed by atoms with Gasteiger partial charge in [0, 0.05) is 17.4 Å². The molecule has 0 atom stereocenters. The van der Waals surface area contributed by atoms with Gasteiger partial charge in [0.05, 0.1) is 17.6 Å². The number of carbonyl (C=O) groups is 1. The van der Waals surface area contributed by atoms with E-state index in [0.29, 0.717) is 17.1 Å². The van der Waals surface area contributed by atoms with Crippen molar-refractivity contribution in [2.45, 2.75) is 0 Å². The second-order valence-corrected chi connectivity index (χ2v) is 5.54. The topological polar surface area (TPSA) is 140 Å². The van der Waals surface area contributed by atoms with Gasteiger partial charge in [-0.3, -0.25) is 10.1 Å². The van der Waals surface area contributed by atoms with Crippen LogP contribution in [0.5, 0.6) is 5.75 Å². The fourth-order valence-corrected chi connectivity index (χ4v) is 2.41. The summed E-state index contributed by atoms with van der Waals surface area (Å²) in [7, 11) is 1.52. The summed E-state index contributed by atoms with van der Waals surface area (Å²) in [5.41, 5.74) is 0.743. The van der Waals surface area contributed by atoms with E-state index in [0.717, 1.165) is 0 Å². The molecular weight excluding hydrogens is 366 g/mol. The Bertz CT molecular complexity index is 1020. The van der Waals surface area contributed by atoms with Gasteiger partial charge in [-0.1, -0.05) is 6.07 Å². The molecule has 2 aromatic carbocycles. The van der Waals surface area contributed by atoms with Crippen molar-refractivity contribution in [3.8, 4) is 5.75 Å². The summed E-state index contributed by atoms with van der Waals surface area (Å²) in [6.45, 7) is 0. The Hall–Kier alpha value is -4.21. The minimum atomic E-state index is -1.07. The molecule has 3 aromatic rings. The number of anilines is 4. The van der Waals surface area contributed by atoms with Crippen molar-refractivity contribution in [3.05, 3.63) is 70.5 Å². The highest BCUT2D eigenvalue weighted by molar-refractivity contribution is 5.88. The zero-order valence-corrected chi connectivity index (χ0v) is 14.6. The van der Waals surface area contributed by atoms with Crippen LogP contribution >= 0.6 is 0 Å². The summed E-state index contributed by atoms with van der Waals surface area (Å²) < 4.78 is 5.14. The van der Waals surface area contributed by atoms with E-state index in [1.807, 2.05) is 0 Å². The number of hydrogen-bond donors (Lipinski definition) is 3. The van der Waals surface area contributed by atoms with Crippen molar-refractivity contribution < 1.29 is 19.6 Å². The molecular formula is C18H15N5O5. The molecule has 0 amide bonds. The largest absolute Gasteiger partial charge is 0.497 e. The second kappa shape index (κ2) is 7.99. The molecule has 0 bridgehead atoms. The third kappa shape index (κ3) is 4.12. The predicted molar refractivity (Wildman–Crippen MR) is 102 cm³/mol. The molecule has 10 nitrogen and oxygen atoms in total. The van der Waals surface area contributed by atoms with Gasteiger partial charge in [0.15, 0.2) is 0 Å². The number of rotatable bonds is 7. The number of nitrogens with one attached hydrogen (secondary N) is 2. The van der Waals surface area contributed by atoms with Gasteiger partial charge in [0.25, 0.3) is 0 Å². The first-order valence-corrected chi connectivity index (χ1v) is 7.99. The molecule has 0 aliphatic carbocycles. The standard InChI is InChI=1S/C18H15N5O5/c1-28-14-4-2-3-13(9-14)22-17-15(23(26)27)16(19-10-20-17)21-12-7-5-11(6-8-12)18(24)25/h2-10H,1H3,(H,24,25)(H2,19,20,21,22). The third-order valence-corrected chi connectivity index (χ3v) is 3.73. The first-order valence-electron chi connectivity index (χ1n) is 7.99. The van der Waals surface area contributed by atoms with Gasteiger partial charge in [-0.2, -0.15) is 0 Å². The first-order chi connectivity index (χ1) is 13.5. The fraction of sp³-hybridized carbons (Fsp3) is 0.0556. The van der Waals surface area contributed by atoms with Gasteiger partial charge in [0.1, 0.15) is 12.1 Å². The van der Waals surface area contributed by atoms with E-state index >= 15 is 0 Å². The minimum absolute atomic E-state index is 0.00194. The fourth-order valence-electron chi connectivity index (χ4n) is 2.41. The van der Waals surface area contributed by atoms with Crippen molar-refractivity contribution in [3.63, 3.8) is 0 Å². The molecule has 142 valence electrons. The second-order valence-electron chi connectivity index (χ2n) is 5.54. The quantitative estimate of drug-likeness (QED) is 0.414. The van der Waals surface area contributed by atoms with E-state index in [-0.39, 0.29) is 22.9 Å². The van der Waals surface area contributed by atoms with Gasteiger partial charge in [-0.05, 0) is 36.4 Å². The van der Waals surface area contributed by atoms with E-state index in [2.05, 4.69) is 20.6 Å². The number of hydrogen-bond acceptors (Lipinski definition) is 8. The molecule has 0 spiro atoms. The Kier molecular flexibility index (Phi) is 5.30. The smallest absolute Gasteiger partial charge is 0.353 e. The zero-order chi connectivity index (χ0) is 20.1. The van der Waals surface area contributed by atoms with Crippen LogP contribution in [0.25, 0.3) is 0 Å². The summed E-state index contributed by atoms with van der Waals surface area (Å²) in [6, 6.07) is 12.6. The van der Waals surface area contributed by atoms with E-state index < -0.39 is 10.9 Å². The van der Waals surface area contributed by atoms with Crippen molar-refractivity contribution in [1.82, 2.24) is 9.97 Å². The van der Waals surface area contributed by atoms with Crippen LogP contribution in [0.4, 0.5) is 28.7 Å². The maximum absolute atomic E-state index is 11.6. The van der Waals surface area contributed by atoms with Crippen LogP contribution < -0.4 is 15.4 Å². The number of nitrogens with zero attached hydrogens (tertiary/aromatic N) is 3. The summed E-state index contributed by atoms with van der Waals surface area (Å²) in [5, 5.41) is 26.3. The molecule has 0 saturated heterocycles. The first kappa shape index (κ1) is 18.6. The lowest BCUT2D eigenvalue weighted by molar-refractivity contribution is -0.383. The van der Waals surface area contributed by atoms with Crippen LogP contribution in [0.3, 0.4) is 0 Å². The molecule has 0 radical (unpaired) electrons. The van der Waals surface area contributed by atoms with Crippen LogP contribution in [-0.4, -0.2) is 33.1 Å². The SMILES string of the molecule is COc1cccc(Nc2ncnc(Nc3ccc(C(=O)O)cc3)c2[N+](=O)[O-])c1. The number of benzene rings is 2.